The highest BCUT2D eigenvalue weighted by atomic mass is 16.5. The van der Waals surface area contributed by atoms with Crippen LogP contribution in [0.2, 0.25) is 0 Å². The minimum absolute atomic E-state index is 0.0667. The molecule has 0 radical (unpaired) electrons. The Morgan fingerprint density at radius 1 is 1.03 bits per heavy atom. The topological polar surface area (TPSA) is 114 Å². The van der Waals surface area contributed by atoms with E-state index in [4.69, 9.17) is 14.2 Å². The van der Waals surface area contributed by atoms with Crippen LogP contribution >= 0.6 is 0 Å². The third kappa shape index (κ3) is 10.7. The second kappa shape index (κ2) is 15.1. The predicted molar refractivity (Wildman–Crippen MR) is 140 cm³/mol. The summed E-state index contributed by atoms with van der Waals surface area (Å²) in [6, 6.07) is 5.31. The molecule has 36 heavy (non-hydrogen) atoms. The van der Waals surface area contributed by atoms with Crippen molar-refractivity contribution in [2.24, 2.45) is 23.2 Å². The summed E-state index contributed by atoms with van der Waals surface area (Å²) in [6.07, 6.45) is 1.08. The Hall–Kier alpha value is -2.32. The number of carboxylic acids is 1. The van der Waals surface area contributed by atoms with Crippen molar-refractivity contribution in [1.82, 2.24) is 5.32 Å². The summed E-state index contributed by atoms with van der Waals surface area (Å²) in [5.41, 5.74) is 0.430. The van der Waals surface area contributed by atoms with Gasteiger partial charge in [-0.3, -0.25) is 9.59 Å². The van der Waals surface area contributed by atoms with E-state index < -0.39 is 29.4 Å². The molecular weight excluding hydrogens is 462 g/mol. The first-order valence-electron chi connectivity index (χ1n) is 12.8. The lowest BCUT2D eigenvalue weighted by atomic mass is 9.81. The fraction of sp³-hybridized carbons (Fsp3) is 0.714. The van der Waals surface area contributed by atoms with E-state index in [-0.39, 0.29) is 24.2 Å². The van der Waals surface area contributed by atoms with E-state index in [0.717, 1.165) is 12.0 Å². The molecule has 8 nitrogen and oxygen atoms in total. The van der Waals surface area contributed by atoms with Gasteiger partial charge in [0.05, 0.1) is 31.8 Å². The highest BCUT2D eigenvalue weighted by Gasteiger charge is 2.32. The van der Waals surface area contributed by atoms with Crippen LogP contribution in [0.3, 0.4) is 0 Å². The molecule has 0 aliphatic heterocycles. The number of methoxy groups -OCH3 is 2. The van der Waals surface area contributed by atoms with E-state index >= 15 is 0 Å². The smallest absolute Gasteiger partial charge is 0.306 e. The number of aliphatic carboxylic acids is 1. The standard InChI is InChI=1S/C28H47NO7/c1-18(2)21(15-20-10-11-24(35-8)25(16-20)36-13-9-12-34-7)17-22(29-27(33)28(4,5)6)23(30)14-19(3)26(31)32/h10-11,16,18-19,21-23,30H,9,12-15,17H2,1-8H3,(H,29,33)(H,31,32)/t19-,21+,22+,23+/m1/s1. The zero-order chi connectivity index (χ0) is 27.5. The number of hydrogen-bond donors (Lipinski definition) is 3. The Kier molecular flexibility index (Phi) is 13.3. The van der Waals surface area contributed by atoms with Gasteiger partial charge in [0.15, 0.2) is 11.5 Å². The molecule has 0 unspecified atom stereocenters. The lowest BCUT2D eigenvalue weighted by Crippen LogP contribution is -2.49. The summed E-state index contributed by atoms with van der Waals surface area (Å²) in [5, 5.41) is 23.3. The molecule has 0 fully saturated rings. The van der Waals surface area contributed by atoms with E-state index in [1.165, 1.54) is 0 Å². The highest BCUT2D eigenvalue weighted by Crippen LogP contribution is 2.32. The Morgan fingerprint density at radius 2 is 1.69 bits per heavy atom. The molecule has 1 amide bonds. The number of amides is 1. The van der Waals surface area contributed by atoms with E-state index in [1.807, 2.05) is 39.0 Å². The van der Waals surface area contributed by atoms with Crippen molar-refractivity contribution in [3.8, 4) is 11.5 Å². The molecule has 8 heteroatoms. The summed E-state index contributed by atoms with van der Waals surface area (Å²) >= 11 is 0. The average molecular weight is 510 g/mol. The van der Waals surface area contributed by atoms with Crippen LogP contribution in [-0.2, 0) is 20.7 Å². The third-order valence-electron chi connectivity index (χ3n) is 6.45. The number of rotatable bonds is 16. The van der Waals surface area contributed by atoms with Crippen LogP contribution in [0.4, 0.5) is 0 Å². The number of ether oxygens (including phenoxy) is 3. The number of hydrogen-bond acceptors (Lipinski definition) is 6. The van der Waals surface area contributed by atoms with Crippen LogP contribution in [0.1, 0.15) is 66.4 Å². The van der Waals surface area contributed by atoms with Gasteiger partial charge in [-0.2, -0.15) is 0 Å². The van der Waals surface area contributed by atoms with Crippen LogP contribution in [0.15, 0.2) is 18.2 Å². The number of aliphatic hydroxyl groups excluding tert-OH is 1. The summed E-state index contributed by atoms with van der Waals surface area (Å²) in [4.78, 5) is 24.2. The molecule has 4 atom stereocenters. The number of carboxylic acid groups (broad SMARTS) is 1. The SMILES string of the molecule is COCCCOc1cc(C[C@@H](C[C@H](NC(=O)C(C)(C)C)[C@@H](O)C[C@@H](C)C(=O)O)C(C)C)ccc1OC. The molecule has 0 bridgehead atoms. The van der Waals surface area contributed by atoms with Crippen molar-refractivity contribution in [2.45, 2.75) is 79.4 Å². The zero-order valence-corrected chi connectivity index (χ0v) is 23.3. The van der Waals surface area contributed by atoms with Crippen LogP contribution in [0, 0.1) is 23.2 Å². The van der Waals surface area contributed by atoms with Crippen molar-refractivity contribution in [3.05, 3.63) is 23.8 Å². The van der Waals surface area contributed by atoms with Gasteiger partial charge in [0.2, 0.25) is 5.91 Å². The number of carbonyl (C=O) groups excluding carboxylic acids is 1. The van der Waals surface area contributed by atoms with Gasteiger partial charge in [0.1, 0.15) is 0 Å². The monoisotopic (exact) mass is 509 g/mol. The van der Waals surface area contributed by atoms with Crippen molar-refractivity contribution in [3.63, 3.8) is 0 Å². The average Bonchev–Trinajstić information content (AvgIpc) is 2.79. The van der Waals surface area contributed by atoms with Crippen LogP contribution < -0.4 is 14.8 Å². The molecule has 206 valence electrons. The molecule has 0 saturated carbocycles. The lowest BCUT2D eigenvalue weighted by Gasteiger charge is -2.33. The van der Waals surface area contributed by atoms with Gasteiger partial charge >= 0.3 is 5.97 Å². The van der Waals surface area contributed by atoms with Gasteiger partial charge in [-0.1, -0.05) is 47.6 Å². The van der Waals surface area contributed by atoms with Gasteiger partial charge in [0, 0.05) is 25.6 Å². The first kappa shape index (κ1) is 31.7. The van der Waals surface area contributed by atoms with E-state index in [9.17, 15) is 19.8 Å². The predicted octanol–water partition coefficient (Wildman–Crippen LogP) is 4.32. The molecule has 1 aromatic rings. The fourth-order valence-electron chi connectivity index (χ4n) is 3.89. The maximum Gasteiger partial charge on any atom is 0.306 e. The Morgan fingerprint density at radius 3 is 2.22 bits per heavy atom. The molecule has 0 saturated heterocycles. The quantitative estimate of drug-likeness (QED) is 0.284. The molecule has 3 N–H and O–H groups in total. The maximum absolute atomic E-state index is 12.8. The molecule has 0 heterocycles. The molecule has 1 rings (SSSR count). The number of benzene rings is 1. The molecule has 1 aromatic carbocycles. The van der Waals surface area contributed by atoms with Gasteiger partial charge < -0.3 is 29.7 Å². The molecular formula is C28H47NO7. The zero-order valence-electron chi connectivity index (χ0n) is 23.3. The number of carbonyl (C=O) groups is 2. The first-order chi connectivity index (χ1) is 16.8. The maximum atomic E-state index is 12.8. The molecule has 0 aliphatic carbocycles. The highest BCUT2D eigenvalue weighted by molar-refractivity contribution is 5.81. The Labute approximate surface area is 216 Å². The fourth-order valence-corrected chi connectivity index (χ4v) is 3.89. The molecule has 0 spiro atoms. The Balaban J connectivity index is 3.11. The third-order valence-corrected chi connectivity index (χ3v) is 6.45. The first-order valence-corrected chi connectivity index (χ1v) is 12.8. The minimum Gasteiger partial charge on any atom is -0.493 e. The normalized spacial score (nSPS) is 15.2. The van der Waals surface area contributed by atoms with E-state index in [0.29, 0.717) is 37.6 Å². The molecule has 0 aromatic heterocycles. The van der Waals surface area contributed by atoms with Gasteiger partial charge in [-0.15, -0.1) is 0 Å². The van der Waals surface area contributed by atoms with Crippen LogP contribution in [0.25, 0.3) is 0 Å². The molecule has 0 aliphatic rings. The summed E-state index contributed by atoms with van der Waals surface area (Å²) in [7, 11) is 3.26. The minimum atomic E-state index is -0.973. The van der Waals surface area contributed by atoms with Crippen LogP contribution in [-0.4, -0.2) is 61.7 Å². The van der Waals surface area contributed by atoms with Crippen molar-refractivity contribution in [2.75, 3.05) is 27.4 Å². The Bertz CT molecular complexity index is 819. The van der Waals surface area contributed by atoms with Crippen molar-refractivity contribution < 1.29 is 34.0 Å². The summed E-state index contributed by atoms with van der Waals surface area (Å²) in [5.74, 6) is -0.144. The van der Waals surface area contributed by atoms with Gasteiger partial charge in [0.25, 0.3) is 0 Å². The van der Waals surface area contributed by atoms with Gasteiger partial charge in [-0.25, -0.2) is 0 Å². The van der Waals surface area contributed by atoms with Crippen molar-refractivity contribution in [1.29, 1.82) is 0 Å². The van der Waals surface area contributed by atoms with Crippen LogP contribution in [0.5, 0.6) is 11.5 Å². The second-order valence-corrected chi connectivity index (χ2v) is 11.0. The largest absolute Gasteiger partial charge is 0.493 e. The summed E-state index contributed by atoms with van der Waals surface area (Å²) in [6.45, 7) is 12.4. The lowest BCUT2D eigenvalue weighted by molar-refractivity contribution is -0.142. The number of aliphatic hydroxyl groups is 1. The van der Waals surface area contributed by atoms with Crippen molar-refractivity contribution >= 4 is 11.9 Å². The van der Waals surface area contributed by atoms with Gasteiger partial charge in [-0.05, 0) is 48.8 Å². The summed E-state index contributed by atoms with van der Waals surface area (Å²) < 4.78 is 16.5. The second-order valence-electron chi connectivity index (χ2n) is 11.0. The number of nitrogens with one attached hydrogen (secondary N) is 1. The van der Waals surface area contributed by atoms with E-state index in [2.05, 4.69) is 19.2 Å². The van der Waals surface area contributed by atoms with E-state index in [1.54, 1.807) is 21.1 Å².